The molecule has 1 heterocycles. The van der Waals surface area contributed by atoms with Gasteiger partial charge in [0.25, 0.3) is 0 Å². The van der Waals surface area contributed by atoms with Gasteiger partial charge in [-0.3, -0.25) is 0 Å². The zero-order chi connectivity index (χ0) is 10.6. The van der Waals surface area contributed by atoms with Crippen LogP contribution in [0.15, 0.2) is 17.2 Å². The van der Waals surface area contributed by atoms with E-state index in [1.807, 2.05) is 6.07 Å². The molecule has 0 spiro atoms. The van der Waals surface area contributed by atoms with Gasteiger partial charge in [0.15, 0.2) is 5.69 Å². The lowest BCUT2D eigenvalue weighted by Gasteiger charge is -2.02. The molecular weight excluding hydrogens is 200 g/mol. The smallest absolute Gasteiger partial charge is 0.358 e. The number of thiol groups is 1. The van der Waals surface area contributed by atoms with Crippen molar-refractivity contribution in [3.63, 3.8) is 0 Å². The molecule has 0 saturated carbocycles. The van der Waals surface area contributed by atoms with Crippen molar-refractivity contribution >= 4 is 18.6 Å². The molecule has 0 fully saturated rings. The fraction of sp³-hybridized carbons (Fsp3) is 0.222. The normalized spacial score (nSPS) is 9.21. The Hall–Kier alpha value is -1.54. The molecular formula is C9H8N2O2S. The molecule has 4 nitrogen and oxygen atoms in total. The van der Waals surface area contributed by atoms with Crippen LogP contribution in [0.2, 0.25) is 0 Å². The molecule has 72 valence electrons. The monoisotopic (exact) mass is 208 g/mol. The van der Waals surface area contributed by atoms with Gasteiger partial charge in [-0.1, -0.05) is 0 Å². The number of carbonyl (C=O) groups excluding carboxylic acids is 1. The van der Waals surface area contributed by atoms with Gasteiger partial charge in [-0.2, -0.15) is 5.26 Å². The van der Waals surface area contributed by atoms with Crippen molar-refractivity contribution in [2.75, 3.05) is 6.61 Å². The molecule has 5 heteroatoms. The quantitative estimate of drug-likeness (QED) is 0.589. The molecule has 1 rings (SSSR count). The Balaban J connectivity index is 3.09. The van der Waals surface area contributed by atoms with Crippen LogP contribution in [-0.2, 0) is 4.74 Å². The average molecular weight is 208 g/mol. The van der Waals surface area contributed by atoms with Gasteiger partial charge in [-0.25, -0.2) is 9.78 Å². The van der Waals surface area contributed by atoms with Crippen molar-refractivity contribution in [3.05, 3.63) is 23.5 Å². The largest absolute Gasteiger partial charge is 0.461 e. The van der Waals surface area contributed by atoms with E-state index in [9.17, 15) is 4.79 Å². The summed E-state index contributed by atoms with van der Waals surface area (Å²) < 4.78 is 4.73. The van der Waals surface area contributed by atoms with E-state index in [0.717, 1.165) is 0 Å². The Morgan fingerprint density at radius 3 is 3.07 bits per heavy atom. The van der Waals surface area contributed by atoms with Crippen molar-refractivity contribution in [1.82, 2.24) is 4.98 Å². The summed E-state index contributed by atoms with van der Waals surface area (Å²) in [4.78, 5) is 15.6. The molecule has 0 unspecified atom stereocenters. The summed E-state index contributed by atoms with van der Waals surface area (Å²) in [6.45, 7) is 1.95. The maximum Gasteiger partial charge on any atom is 0.358 e. The van der Waals surface area contributed by atoms with E-state index in [0.29, 0.717) is 4.90 Å². The predicted molar refractivity (Wildman–Crippen MR) is 52.2 cm³/mol. The van der Waals surface area contributed by atoms with E-state index in [1.165, 1.54) is 12.3 Å². The lowest BCUT2D eigenvalue weighted by molar-refractivity contribution is 0.0519. The number of rotatable bonds is 2. The molecule has 0 saturated heterocycles. The van der Waals surface area contributed by atoms with Crippen molar-refractivity contribution < 1.29 is 9.53 Å². The minimum absolute atomic E-state index is 0.0344. The van der Waals surface area contributed by atoms with Gasteiger partial charge < -0.3 is 4.74 Å². The molecule has 0 aliphatic heterocycles. The van der Waals surface area contributed by atoms with E-state index in [-0.39, 0.29) is 17.9 Å². The van der Waals surface area contributed by atoms with Gasteiger partial charge in [0.1, 0.15) is 6.07 Å². The maximum atomic E-state index is 11.3. The van der Waals surface area contributed by atoms with Gasteiger partial charge in [-0.15, -0.1) is 12.6 Å². The minimum atomic E-state index is -0.586. The second-order valence-corrected chi connectivity index (χ2v) is 2.94. The third-order valence-corrected chi connectivity index (χ3v) is 1.71. The standard InChI is InChI=1S/C9H8N2O2S/c1-2-13-9(12)8-6(4-10)3-7(14)5-11-8/h3,5,14H,2H2,1H3. The lowest BCUT2D eigenvalue weighted by Crippen LogP contribution is -2.09. The molecule has 0 aromatic carbocycles. The van der Waals surface area contributed by atoms with Crippen LogP contribution in [0.1, 0.15) is 23.0 Å². The van der Waals surface area contributed by atoms with Crippen LogP contribution in [-0.4, -0.2) is 17.6 Å². The fourth-order valence-corrected chi connectivity index (χ4v) is 1.09. The third-order valence-electron chi connectivity index (χ3n) is 1.46. The van der Waals surface area contributed by atoms with Crippen LogP contribution < -0.4 is 0 Å². The van der Waals surface area contributed by atoms with Gasteiger partial charge in [0.2, 0.25) is 0 Å². The minimum Gasteiger partial charge on any atom is -0.461 e. The Morgan fingerprint density at radius 2 is 2.50 bits per heavy atom. The maximum absolute atomic E-state index is 11.3. The summed E-state index contributed by atoms with van der Waals surface area (Å²) >= 11 is 4.01. The van der Waals surface area contributed by atoms with Crippen LogP contribution in [0.25, 0.3) is 0 Å². The number of carbonyl (C=O) groups is 1. The Morgan fingerprint density at radius 1 is 1.79 bits per heavy atom. The first-order chi connectivity index (χ1) is 6.69. The van der Waals surface area contributed by atoms with E-state index in [2.05, 4.69) is 17.6 Å². The van der Waals surface area contributed by atoms with Crippen LogP contribution >= 0.6 is 12.6 Å². The molecule has 0 radical (unpaired) electrons. The summed E-state index contributed by atoms with van der Waals surface area (Å²) in [5, 5.41) is 8.73. The number of hydrogen-bond acceptors (Lipinski definition) is 5. The van der Waals surface area contributed by atoms with Crippen molar-refractivity contribution in [2.45, 2.75) is 11.8 Å². The molecule has 0 bridgehead atoms. The highest BCUT2D eigenvalue weighted by Gasteiger charge is 2.13. The predicted octanol–water partition coefficient (Wildman–Crippen LogP) is 1.42. The summed E-state index contributed by atoms with van der Waals surface area (Å²) in [6.07, 6.45) is 1.40. The molecule has 0 amide bonds. The SMILES string of the molecule is CCOC(=O)c1ncc(S)cc1C#N. The molecule has 0 aliphatic rings. The molecule has 0 atom stereocenters. The highest BCUT2D eigenvalue weighted by Crippen LogP contribution is 2.11. The first-order valence-corrected chi connectivity index (χ1v) is 4.40. The van der Waals surface area contributed by atoms with Crippen LogP contribution in [0, 0.1) is 11.3 Å². The molecule has 1 aromatic heterocycles. The van der Waals surface area contributed by atoms with Crippen LogP contribution in [0.5, 0.6) is 0 Å². The highest BCUT2D eigenvalue weighted by atomic mass is 32.1. The van der Waals surface area contributed by atoms with E-state index in [1.54, 1.807) is 6.92 Å². The van der Waals surface area contributed by atoms with E-state index in [4.69, 9.17) is 10.00 Å². The number of aromatic nitrogens is 1. The number of hydrogen-bond donors (Lipinski definition) is 1. The molecule has 14 heavy (non-hydrogen) atoms. The number of nitriles is 1. The summed E-state index contributed by atoms with van der Waals surface area (Å²) in [6, 6.07) is 3.34. The van der Waals surface area contributed by atoms with Gasteiger partial charge in [0, 0.05) is 11.1 Å². The lowest BCUT2D eigenvalue weighted by atomic mass is 10.2. The average Bonchev–Trinajstić information content (AvgIpc) is 2.17. The second kappa shape index (κ2) is 4.63. The Kier molecular flexibility index (Phi) is 3.48. The van der Waals surface area contributed by atoms with E-state index >= 15 is 0 Å². The Labute approximate surface area is 86.9 Å². The molecule has 1 aromatic rings. The Bertz CT molecular complexity index is 398. The van der Waals surface area contributed by atoms with Crippen molar-refractivity contribution in [3.8, 4) is 6.07 Å². The van der Waals surface area contributed by atoms with E-state index < -0.39 is 5.97 Å². The number of esters is 1. The summed E-state index contributed by atoms with van der Waals surface area (Å²) in [5.41, 5.74) is 0.211. The zero-order valence-corrected chi connectivity index (χ0v) is 8.41. The zero-order valence-electron chi connectivity index (χ0n) is 7.52. The van der Waals surface area contributed by atoms with Gasteiger partial charge in [-0.05, 0) is 13.0 Å². The van der Waals surface area contributed by atoms with Crippen LogP contribution in [0.4, 0.5) is 0 Å². The van der Waals surface area contributed by atoms with Gasteiger partial charge >= 0.3 is 5.97 Å². The van der Waals surface area contributed by atoms with Gasteiger partial charge in [0.05, 0.1) is 12.2 Å². The molecule has 0 aliphatic carbocycles. The number of pyridine rings is 1. The first-order valence-electron chi connectivity index (χ1n) is 3.95. The highest BCUT2D eigenvalue weighted by molar-refractivity contribution is 7.80. The third kappa shape index (κ3) is 2.24. The number of ether oxygens (including phenoxy) is 1. The topological polar surface area (TPSA) is 63.0 Å². The summed E-state index contributed by atoms with van der Waals surface area (Å²) in [7, 11) is 0. The van der Waals surface area contributed by atoms with Crippen molar-refractivity contribution in [1.29, 1.82) is 5.26 Å². The first kappa shape index (κ1) is 10.5. The molecule has 0 N–H and O–H groups in total. The summed E-state index contributed by atoms with van der Waals surface area (Å²) in [5.74, 6) is -0.586. The van der Waals surface area contributed by atoms with Crippen molar-refractivity contribution in [2.24, 2.45) is 0 Å². The second-order valence-electron chi connectivity index (χ2n) is 2.42. The fourth-order valence-electron chi connectivity index (χ4n) is 0.901. The van der Waals surface area contributed by atoms with Crippen LogP contribution in [0.3, 0.4) is 0 Å². The number of nitrogens with zero attached hydrogens (tertiary/aromatic N) is 2.